The Morgan fingerprint density at radius 1 is 0.733 bits per heavy atom. The number of ether oxygens (including phenoxy) is 1. The third kappa shape index (κ3) is 7.85. The predicted molar refractivity (Wildman–Crippen MR) is 125 cm³/mol. The van der Waals surface area contributed by atoms with Crippen molar-refractivity contribution in [3.8, 4) is 16.9 Å². The van der Waals surface area contributed by atoms with Crippen LogP contribution in [0, 0.1) is 0 Å². The molecule has 1 N–H and O–H groups in total. The molecule has 0 aromatic heterocycles. The van der Waals surface area contributed by atoms with Crippen molar-refractivity contribution >= 4 is 6.16 Å². The molecule has 0 atom stereocenters. The molecule has 0 heterocycles. The van der Waals surface area contributed by atoms with Crippen molar-refractivity contribution in [3.05, 3.63) is 53.6 Å². The molecule has 0 aliphatic carbocycles. The van der Waals surface area contributed by atoms with Gasteiger partial charge in [0.15, 0.2) is 0 Å². The van der Waals surface area contributed by atoms with E-state index in [-0.39, 0.29) is 0 Å². The van der Waals surface area contributed by atoms with Gasteiger partial charge in [0, 0.05) is 5.56 Å². The van der Waals surface area contributed by atoms with Gasteiger partial charge in [-0.05, 0) is 48.4 Å². The van der Waals surface area contributed by atoms with E-state index in [1.54, 1.807) is 6.07 Å². The van der Waals surface area contributed by atoms with Crippen molar-refractivity contribution in [1.82, 2.24) is 0 Å². The SMILES string of the molecule is CCCCCCCCCCc1c(OC(=O)O)cccc1-c1ccccc1CCCC. The molecule has 0 saturated carbocycles. The molecule has 0 aliphatic heterocycles. The van der Waals surface area contributed by atoms with Crippen molar-refractivity contribution < 1.29 is 14.6 Å². The minimum Gasteiger partial charge on any atom is -0.449 e. The summed E-state index contributed by atoms with van der Waals surface area (Å²) < 4.78 is 5.17. The first-order chi connectivity index (χ1) is 14.7. The number of hydrogen-bond acceptors (Lipinski definition) is 2. The molecular formula is C27H38O3. The Morgan fingerprint density at radius 2 is 1.37 bits per heavy atom. The van der Waals surface area contributed by atoms with E-state index in [9.17, 15) is 9.90 Å². The van der Waals surface area contributed by atoms with Crippen molar-refractivity contribution in [1.29, 1.82) is 0 Å². The van der Waals surface area contributed by atoms with Gasteiger partial charge in [-0.15, -0.1) is 0 Å². The lowest BCUT2D eigenvalue weighted by Crippen LogP contribution is -2.07. The van der Waals surface area contributed by atoms with E-state index >= 15 is 0 Å². The minimum atomic E-state index is -1.25. The maximum atomic E-state index is 11.3. The zero-order valence-electron chi connectivity index (χ0n) is 18.8. The van der Waals surface area contributed by atoms with Crippen LogP contribution in [-0.4, -0.2) is 11.3 Å². The Kier molecular flexibility index (Phi) is 11.1. The van der Waals surface area contributed by atoms with Crippen LogP contribution in [0.15, 0.2) is 42.5 Å². The number of carbonyl (C=O) groups is 1. The molecule has 30 heavy (non-hydrogen) atoms. The van der Waals surface area contributed by atoms with Crippen molar-refractivity contribution in [2.75, 3.05) is 0 Å². The van der Waals surface area contributed by atoms with E-state index in [0.717, 1.165) is 43.2 Å². The number of aryl methyl sites for hydroxylation is 1. The van der Waals surface area contributed by atoms with Crippen LogP contribution in [0.3, 0.4) is 0 Å². The molecule has 2 aromatic carbocycles. The van der Waals surface area contributed by atoms with E-state index in [1.165, 1.54) is 56.1 Å². The van der Waals surface area contributed by atoms with Crippen LogP contribution in [-0.2, 0) is 12.8 Å². The lowest BCUT2D eigenvalue weighted by atomic mass is 9.90. The largest absolute Gasteiger partial charge is 0.511 e. The average molecular weight is 411 g/mol. The van der Waals surface area contributed by atoms with Crippen LogP contribution in [0.25, 0.3) is 11.1 Å². The fraction of sp³-hybridized carbons (Fsp3) is 0.519. The maximum Gasteiger partial charge on any atom is 0.511 e. The first kappa shape index (κ1) is 24.0. The smallest absolute Gasteiger partial charge is 0.449 e. The summed E-state index contributed by atoms with van der Waals surface area (Å²) in [6, 6.07) is 14.3. The van der Waals surface area contributed by atoms with Gasteiger partial charge >= 0.3 is 6.16 Å². The number of hydrogen-bond donors (Lipinski definition) is 1. The fourth-order valence-corrected chi connectivity index (χ4v) is 4.07. The standard InChI is InChI=1S/C27H38O3/c1-3-5-7-8-9-10-11-12-19-25-24(20-15-21-26(25)30-27(28)29)23-18-14-13-17-22(23)16-6-4-2/h13-15,17-18,20-21H,3-12,16,19H2,1-2H3,(H,28,29). The first-order valence-electron chi connectivity index (χ1n) is 11.8. The molecule has 164 valence electrons. The van der Waals surface area contributed by atoms with Gasteiger partial charge in [0.1, 0.15) is 5.75 Å². The van der Waals surface area contributed by atoms with Crippen molar-refractivity contribution in [2.24, 2.45) is 0 Å². The van der Waals surface area contributed by atoms with E-state index < -0.39 is 6.16 Å². The van der Waals surface area contributed by atoms with Crippen molar-refractivity contribution in [2.45, 2.75) is 90.9 Å². The van der Waals surface area contributed by atoms with Crippen LogP contribution in [0.4, 0.5) is 4.79 Å². The quantitative estimate of drug-likeness (QED) is 0.193. The van der Waals surface area contributed by atoms with Crippen LogP contribution >= 0.6 is 0 Å². The van der Waals surface area contributed by atoms with Gasteiger partial charge in [0.25, 0.3) is 0 Å². The average Bonchev–Trinajstić information content (AvgIpc) is 2.74. The molecule has 2 rings (SSSR count). The summed E-state index contributed by atoms with van der Waals surface area (Å²) in [4.78, 5) is 11.3. The second kappa shape index (κ2) is 13.8. The van der Waals surface area contributed by atoms with E-state index in [1.807, 2.05) is 6.07 Å². The minimum absolute atomic E-state index is 0.480. The third-order valence-electron chi connectivity index (χ3n) is 5.72. The van der Waals surface area contributed by atoms with E-state index in [4.69, 9.17) is 4.74 Å². The van der Waals surface area contributed by atoms with Gasteiger partial charge in [-0.3, -0.25) is 0 Å². The first-order valence-corrected chi connectivity index (χ1v) is 11.8. The topological polar surface area (TPSA) is 46.5 Å². The Hall–Kier alpha value is -2.29. The molecular weight excluding hydrogens is 372 g/mol. The highest BCUT2D eigenvalue weighted by Gasteiger charge is 2.15. The fourth-order valence-electron chi connectivity index (χ4n) is 4.07. The predicted octanol–water partition coefficient (Wildman–Crippen LogP) is 8.44. The van der Waals surface area contributed by atoms with Gasteiger partial charge in [0.2, 0.25) is 0 Å². The number of benzene rings is 2. The zero-order valence-corrected chi connectivity index (χ0v) is 18.8. The second-order valence-corrected chi connectivity index (χ2v) is 8.14. The molecule has 0 aliphatic rings. The highest BCUT2D eigenvalue weighted by molar-refractivity contribution is 5.74. The molecule has 2 aromatic rings. The summed E-state index contributed by atoms with van der Waals surface area (Å²) in [6.45, 7) is 4.45. The van der Waals surface area contributed by atoms with Gasteiger partial charge in [0.05, 0.1) is 0 Å². The Morgan fingerprint density at radius 3 is 2.07 bits per heavy atom. The van der Waals surface area contributed by atoms with Crippen LogP contribution < -0.4 is 4.74 Å². The van der Waals surface area contributed by atoms with Gasteiger partial charge in [-0.25, -0.2) is 4.79 Å². The van der Waals surface area contributed by atoms with Gasteiger partial charge in [-0.1, -0.05) is 102 Å². The highest BCUT2D eigenvalue weighted by Crippen LogP contribution is 2.35. The summed E-state index contributed by atoms with van der Waals surface area (Å²) in [5.41, 5.74) is 4.67. The normalized spacial score (nSPS) is 10.9. The summed E-state index contributed by atoms with van der Waals surface area (Å²) >= 11 is 0. The molecule has 0 bridgehead atoms. The monoisotopic (exact) mass is 410 g/mol. The third-order valence-corrected chi connectivity index (χ3v) is 5.72. The molecule has 0 spiro atoms. The Balaban J connectivity index is 2.16. The molecule has 0 unspecified atom stereocenters. The molecule has 0 amide bonds. The van der Waals surface area contributed by atoms with E-state index in [0.29, 0.717) is 5.75 Å². The summed E-state index contributed by atoms with van der Waals surface area (Å²) in [5.74, 6) is 0.480. The lowest BCUT2D eigenvalue weighted by Gasteiger charge is -2.17. The molecule has 3 heteroatoms. The summed E-state index contributed by atoms with van der Waals surface area (Å²) in [7, 11) is 0. The number of carboxylic acid groups (broad SMARTS) is 1. The molecule has 0 saturated heterocycles. The molecule has 3 nitrogen and oxygen atoms in total. The number of unbranched alkanes of at least 4 members (excludes halogenated alkanes) is 8. The van der Waals surface area contributed by atoms with E-state index in [2.05, 4.69) is 44.2 Å². The van der Waals surface area contributed by atoms with Crippen LogP contribution in [0.1, 0.15) is 89.2 Å². The lowest BCUT2D eigenvalue weighted by molar-refractivity contribution is 0.144. The zero-order chi connectivity index (χ0) is 21.6. The summed E-state index contributed by atoms with van der Waals surface area (Å²) in [6.07, 6.45) is 13.0. The van der Waals surface area contributed by atoms with Crippen LogP contribution in [0.5, 0.6) is 5.75 Å². The Labute approximate surface area is 182 Å². The maximum absolute atomic E-state index is 11.3. The highest BCUT2D eigenvalue weighted by atomic mass is 16.7. The molecule has 0 radical (unpaired) electrons. The summed E-state index contributed by atoms with van der Waals surface area (Å²) in [5, 5.41) is 9.21. The van der Waals surface area contributed by atoms with Crippen LogP contribution in [0.2, 0.25) is 0 Å². The molecule has 0 fully saturated rings. The van der Waals surface area contributed by atoms with Gasteiger partial charge < -0.3 is 9.84 Å². The number of rotatable bonds is 14. The second-order valence-electron chi connectivity index (χ2n) is 8.14. The Bertz CT molecular complexity index is 766. The van der Waals surface area contributed by atoms with Crippen molar-refractivity contribution in [3.63, 3.8) is 0 Å². The van der Waals surface area contributed by atoms with Gasteiger partial charge in [-0.2, -0.15) is 0 Å².